The molecule has 1 rings (SSSR count). The number of allylic oxidation sites excluding steroid dienone is 1. The molecule has 1 heterocycles. The van der Waals surface area contributed by atoms with Crippen molar-refractivity contribution in [2.75, 3.05) is 13.8 Å². The smallest absolute Gasteiger partial charge is 0.339 e. The average molecular weight is 225 g/mol. The number of esters is 1. The minimum absolute atomic E-state index is 0.0425. The predicted octanol–water partition coefficient (Wildman–Crippen LogP) is -1.04. The van der Waals surface area contributed by atoms with Gasteiger partial charge >= 0.3 is 5.97 Å². The lowest BCUT2D eigenvalue weighted by Crippen LogP contribution is -2.25. The van der Waals surface area contributed by atoms with E-state index in [9.17, 15) is 9.18 Å². The van der Waals surface area contributed by atoms with E-state index in [1.165, 1.54) is 19.5 Å². The number of hydrogen-bond donors (Lipinski definition) is 2. The number of imidazole rings is 1. The summed E-state index contributed by atoms with van der Waals surface area (Å²) in [6.07, 6.45) is 2.77. The minimum Gasteiger partial charge on any atom is -0.465 e. The van der Waals surface area contributed by atoms with Gasteiger partial charge in [-0.3, -0.25) is 0 Å². The van der Waals surface area contributed by atoms with Crippen LogP contribution in [0.3, 0.4) is 0 Å². The normalized spacial score (nSPS) is 13.5. The fourth-order valence-electron chi connectivity index (χ4n) is 1.07. The van der Waals surface area contributed by atoms with Crippen molar-refractivity contribution < 1.29 is 13.9 Å². The molecule has 0 aromatic carbocycles. The Bertz CT molecular complexity index is 518. The number of nitrogens with zero attached hydrogens (tertiary/aromatic N) is 1. The fourth-order valence-corrected chi connectivity index (χ4v) is 1.07. The van der Waals surface area contributed by atoms with Crippen molar-refractivity contribution >= 4 is 18.6 Å². The van der Waals surface area contributed by atoms with E-state index in [1.54, 1.807) is 0 Å². The van der Waals surface area contributed by atoms with Gasteiger partial charge in [0.2, 0.25) is 0 Å². The molecular weight excluding hydrogens is 213 g/mol. The summed E-state index contributed by atoms with van der Waals surface area (Å²) in [6, 6.07) is 0. The number of rotatable bonds is 3. The number of carbonyl (C=O) groups is 1. The lowest BCUT2D eigenvalue weighted by Gasteiger charge is -2.02. The van der Waals surface area contributed by atoms with Gasteiger partial charge in [0.15, 0.2) is 0 Å². The Balaban J connectivity index is 3.32. The summed E-state index contributed by atoms with van der Waals surface area (Å²) in [5.41, 5.74) is 5.14. The maximum atomic E-state index is 12.4. The summed E-state index contributed by atoms with van der Waals surface area (Å²) in [4.78, 5) is 17.9. The van der Waals surface area contributed by atoms with Crippen molar-refractivity contribution in [2.45, 2.75) is 0 Å². The average Bonchev–Trinajstić information content (AvgIpc) is 2.69. The number of hydrogen-bond acceptors (Lipinski definition) is 4. The molecule has 6 heteroatoms. The number of nitrogens with one attached hydrogen (secondary N) is 1. The van der Waals surface area contributed by atoms with E-state index in [0.29, 0.717) is 10.7 Å². The molecule has 0 saturated carbocycles. The molecule has 0 spiro atoms. The van der Waals surface area contributed by atoms with Gasteiger partial charge < -0.3 is 15.5 Å². The summed E-state index contributed by atoms with van der Waals surface area (Å²) in [6.45, 7) is 2.69. The summed E-state index contributed by atoms with van der Waals surface area (Å²) in [5.74, 6) is -0.704. The molecule has 1 aromatic heterocycles. The second kappa shape index (κ2) is 5.11. The molecule has 0 aliphatic rings. The fraction of sp³-hybridized carbons (Fsp3) is 0.200. The summed E-state index contributed by atoms with van der Waals surface area (Å²) >= 11 is 0. The predicted molar refractivity (Wildman–Crippen MR) is 57.0 cm³/mol. The van der Waals surface area contributed by atoms with Crippen LogP contribution in [0.2, 0.25) is 0 Å². The van der Waals surface area contributed by atoms with Gasteiger partial charge in [-0.2, -0.15) is 0 Å². The highest BCUT2D eigenvalue weighted by Crippen LogP contribution is 2.03. The molecule has 0 aliphatic heterocycles. The maximum absolute atomic E-state index is 12.4. The number of alkyl halides is 1. The highest BCUT2D eigenvalue weighted by molar-refractivity contribution is 5.98. The van der Waals surface area contributed by atoms with E-state index in [-0.39, 0.29) is 11.3 Å². The van der Waals surface area contributed by atoms with Gasteiger partial charge in [-0.25, -0.2) is 14.2 Å². The summed E-state index contributed by atoms with van der Waals surface area (Å²) in [5, 5.41) is 0.921. The number of methoxy groups -OCH3 is 1. The van der Waals surface area contributed by atoms with Crippen LogP contribution in [0.15, 0.2) is 17.6 Å². The molecule has 5 nitrogen and oxygen atoms in total. The van der Waals surface area contributed by atoms with Crippen molar-refractivity contribution in [1.82, 2.24) is 9.97 Å². The van der Waals surface area contributed by atoms with Gasteiger partial charge in [0.25, 0.3) is 0 Å². The second-order valence-electron chi connectivity index (χ2n) is 2.97. The van der Waals surface area contributed by atoms with Crippen molar-refractivity contribution in [2.24, 2.45) is 5.73 Å². The molecule has 3 N–H and O–H groups in total. The number of H-pyrrole nitrogens is 1. The standard InChI is InChI=1S/C10H12FN3O2/c1-6-9(14-5-13-6)3-7(8(12)4-11)10(15)16-2/h3,5H,1,4,12H2,2H3,(H,13,14)/b8-7-,9-3+. The molecule has 0 atom stereocenters. The maximum Gasteiger partial charge on any atom is 0.339 e. The molecule has 86 valence electrons. The van der Waals surface area contributed by atoms with Crippen LogP contribution in [0.1, 0.15) is 0 Å². The Hall–Kier alpha value is -2.11. The van der Waals surface area contributed by atoms with Gasteiger partial charge in [-0.05, 0) is 6.08 Å². The monoisotopic (exact) mass is 225 g/mol. The van der Waals surface area contributed by atoms with Crippen molar-refractivity contribution in [3.63, 3.8) is 0 Å². The minimum atomic E-state index is -0.929. The second-order valence-corrected chi connectivity index (χ2v) is 2.97. The van der Waals surface area contributed by atoms with E-state index >= 15 is 0 Å². The first-order valence-corrected chi connectivity index (χ1v) is 4.43. The lowest BCUT2D eigenvalue weighted by atomic mass is 10.2. The molecule has 0 bridgehead atoms. The van der Waals surface area contributed by atoms with Gasteiger partial charge in [-0.1, -0.05) is 6.58 Å². The Labute approximate surface area is 91.1 Å². The zero-order valence-electron chi connectivity index (χ0n) is 8.79. The first kappa shape index (κ1) is 12.0. The molecule has 0 unspecified atom stereocenters. The van der Waals surface area contributed by atoms with E-state index in [0.717, 1.165) is 0 Å². The number of aromatic nitrogens is 2. The van der Waals surface area contributed by atoms with Crippen LogP contribution in [-0.2, 0) is 9.53 Å². The van der Waals surface area contributed by atoms with Crippen LogP contribution in [-0.4, -0.2) is 29.7 Å². The van der Waals surface area contributed by atoms with Gasteiger partial charge in [0, 0.05) is 0 Å². The van der Waals surface area contributed by atoms with Crippen molar-refractivity contribution in [1.29, 1.82) is 0 Å². The van der Waals surface area contributed by atoms with E-state index in [2.05, 4.69) is 21.3 Å². The number of aromatic amines is 1. The molecule has 0 fully saturated rings. The topological polar surface area (TPSA) is 81.0 Å². The third-order valence-electron chi connectivity index (χ3n) is 1.94. The van der Waals surface area contributed by atoms with Crippen LogP contribution >= 0.6 is 0 Å². The van der Waals surface area contributed by atoms with Crippen LogP contribution in [0.5, 0.6) is 0 Å². The lowest BCUT2D eigenvalue weighted by molar-refractivity contribution is -0.135. The molecular formula is C10H12FN3O2. The van der Waals surface area contributed by atoms with Gasteiger partial charge in [0.05, 0.1) is 35.4 Å². The highest BCUT2D eigenvalue weighted by atomic mass is 19.1. The first-order chi connectivity index (χ1) is 7.60. The Kier molecular flexibility index (Phi) is 3.82. The number of carbonyl (C=O) groups excluding carboxylic acids is 1. The third-order valence-corrected chi connectivity index (χ3v) is 1.94. The summed E-state index contributed by atoms with van der Waals surface area (Å²) in [7, 11) is 1.19. The summed E-state index contributed by atoms with van der Waals surface area (Å²) < 4.78 is 16.9. The Morgan fingerprint density at radius 2 is 2.50 bits per heavy atom. The number of ether oxygens (including phenoxy) is 1. The van der Waals surface area contributed by atoms with E-state index < -0.39 is 12.6 Å². The zero-order chi connectivity index (χ0) is 12.1. The molecule has 0 amide bonds. The number of nitrogens with two attached hydrogens (primary N) is 1. The van der Waals surface area contributed by atoms with Crippen LogP contribution in [0.25, 0.3) is 12.7 Å². The van der Waals surface area contributed by atoms with Gasteiger partial charge in [0.1, 0.15) is 6.67 Å². The molecule has 16 heavy (non-hydrogen) atoms. The highest BCUT2D eigenvalue weighted by Gasteiger charge is 2.11. The molecule has 0 radical (unpaired) electrons. The molecule has 0 saturated heterocycles. The van der Waals surface area contributed by atoms with Crippen LogP contribution < -0.4 is 16.4 Å². The van der Waals surface area contributed by atoms with Crippen molar-refractivity contribution in [3.8, 4) is 0 Å². The third kappa shape index (κ3) is 2.47. The van der Waals surface area contributed by atoms with Crippen LogP contribution in [0, 0.1) is 0 Å². The Morgan fingerprint density at radius 1 is 1.81 bits per heavy atom. The van der Waals surface area contributed by atoms with E-state index in [4.69, 9.17) is 5.73 Å². The molecule has 1 aromatic rings. The quantitative estimate of drug-likeness (QED) is 0.508. The SMILES string of the molecule is C=c1nc[nH]/c1=C/C(C(=O)OC)=C(/N)CF. The molecule has 0 aliphatic carbocycles. The van der Waals surface area contributed by atoms with Crippen LogP contribution in [0.4, 0.5) is 4.39 Å². The Morgan fingerprint density at radius 3 is 2.94 bits per heavy atom. The largest absolute Gasteiger partial charge is 0.465 e. The number of halogens is 1. The zero-order valence-corrected chi connectivity index (χ0v) is 8.79. The van der Waals surface area contributed by atoms with E-state index in [1.807, 2.05) is 0 Å². The van der Waals surface area contributed by atoms with Crippen molar-refractivity contribution in [3.05, 3.63) is 28.3 Å². The van der Waals surface area contributed by atoms with Gasteiger partial charge in [-0.15, -0.1) is 0 Å². The first-order valence-electron chi connectivity index (χ1n) is 4.43.